The molecule has 23 heavy (non-hydrogen) atoms. The van der Waals surface area contributed by atoms with E-state index in [1.165, 1.54) is 11.9 Å². The lowest BCUT2D eigenvalue weighted by atomic mass is 10.1. The third-order valence-corrected chi connectivity index (χ3v) is 3.86. The SMILES string of the molecule is CCCc1ccccc1OCCNc1ncnc(Cl)c1C(C)C. The van der Waals surface area contributed by atoms with Crippen LogP contribution >= 0.6 is 11.6 Å². The average Bonchev–Trinajstić information content (AvgIpc) is 2.53. The van der Waals surface area contributed by atoms with Crippen molar-refractivity contribution in [1.29, 1.82) is 0 Å². The average molecular weight is 334 g/mol. The van der Waals surface area contributed by atoms with Crippen LogP contribution in [0.3, 0.4) is 0 Å². The Hall–Kier alpha value is -1.81. The first-order valence-corrected chi connectivity index (χ1v) is 8.46. The number of benzene rings is 1. The minimum atomic E-state index is 0.261. The van der Waals surface area contributed by atoms with Crippen LogP contribution in [0.15, 0.2) is 30.6 Å². The Labute approximate surface area is 143 Å². The summed E-state index contributed by atoms with van der Waals surface area (Å²) < 4.78 is 5.90. The quantitative estimate of drug-likeness (QED) is 0.562. The van der Waals surface area contributed by atoms with Gasteiger partial charge in [0.2, 0.25) is 0 Å². The van der Waals surface area contributed by atoms with Gasteiger partial charge in [-0.05, 0) is 24.0 Å². The molecule has 0 atom stereocenters. The number of para-hydroxylation sites is 1. The summed E-state index contributed by atoms with van der Waals surface area (Å²) in [6, 6.07) is 8.19. The number of halogens is 1. The van der Waals surface area contributed by atoms with Gasteiger partial charge in [-0.1, -0.05) is 57.0 Å². The van der Waals surface area contributed by atoms with E-state index in [0.717, 1.165) is 30.0 Å². The molecule has 0 amide bonds. The third kappa shape index (κ3) is 4.83. The van der Waals surface area contributed by atoms with Crippen LogP contribution in [-0.2, 0) is 6.42 Å². The molecule has 2 rings (SSSR count). The zero-order chi connectivity index (χ0) is 16.7. The Morgan fingerprint density at radius 3 is 2.74 bits per heavy atom. The summed E-state index contributed by atoms with van der Waals surface area (Å²) in [6.07, 6.45) is 3.62. The predicted molar refractivity (Wildman–Crippen MR) is 95.6 cm³/mol. The monoisotopic (exact) mass is 333 g/mol. The van der Waals surface area contributed by atoms with Crippen LogP contribution in [0.25, 0.3) is 0 Å². The maximum atomic E-state index is 6.17. The molecule has 0 aliphatic heterocycles. The molecule has 2 aromatic rings. The topological polar surface area (TPSA) is 47.0 Å². The van der Waals surface area contributed by atoms with E-state index in [1.54, 1.807) is 0 Å². The fourth-order valence-electron chi connectivity index (χ4n) is 2.48. The van der Waals surface area contributed by atoms with Gasteiger partial charge >= 0.3 is 0 Å². The van der Waals surface area contributed by atoms with E-state index in [-0.39, 0.29) is 5.92 Å². The van der Waals surface area contributed by atoms with Crippen molar-refractivity contribution in [1.82, 2.24) is 9.97 Å². The van der Waals surface area contributed by atoms with Crippen LogP contribution in [-0.4, -0.2) is 23.1 Å². The first-order valence-electron chi connectivity index (χ1n) is 8.08. The molecule has 0 saturated heterocycles. The molecule has 124 valence electrons. The molecule has 1 aromatic heterocycles. The standard InChI is InChI=1S/C18H24ClN3O/c1-4-7-14-8-5-6-9-15(14)23-11-10-20-18-16(13(2)3)17(19)21-12-22-18/h5-6,8-9,12-13H,4,7,10-11H2,1-3H3,(H,20,21,22). The summed E-state index contributed by atoms with van der Waals surface area (Å²) in [5, 5.41) is 3.80. The van der Waals surface area contributed by atoms with Crippen molar-refractivity contribution in [2.24, 2.45) is 0 Å². The summed E-state index contributed by atoms with van der Waals surface area (Å²) in [6.45, 7) is 7.55. The Bertz CT molecular complexity index is 631. The largest absolute Gasteiger partial charge is 0.491 e. The van der Waals surface area contributed by atoms with E-state index in [9.17, 15) is 0 Å². The zero-order valence-electron chi connectivity index (χ0n) is 14.0. The number of aromatic nitrogens is 2. The number of rotatable bonds is 8. The second kappa shape index (κ2) is 8.73. The summed E-state index contributed by atoms with van der Waals surface area (Å²) in [5.74, 6) is 2.00. The Kier molecular flexibility index (Phi) is 6.66. The van der Waals surface area contributed by atoms with E-state index in [0.29, 0.717) is 18.3 Å². The van der Waals surface area contributed by atoms with Gasteiger partial charge in [-0.15, -0.1) is 0 Å². The van der Waals surface area contributed by atoms with Crippen LogP contribution in [0.1, 0.15) is 44.2 Å². The van der Waals surface area contributed by atoms with Crippen molar-refractivity contribution in [2.75, 3.05) is 18.5 Å². The van der Waals surface area contributed by atoms with Gasteiger partial charge in [0, 0.05) is 5.56 Å². The fourth-order valence-corrected chi connectivity index (χ4v) is 2.83. The molecule has 1 heterocycles. The number of nitrogens with one attached hydrogen (secondary N) is 1. The van der Waals surface area contributed by atoms with Crippen molar-refractivity contribution in [3.8, 4) is 5.75 Å². The number of ether oxygens (including phenoxy) is 1. The number of anilines is 1. The van der Waals surface area contributed by atoms with Crippen LogP contribution < -0.4 is 10.1 Å². The molecule has 0 spiro atoms. The highest BCUT2D eigenvalue weighted by molar-refractivity contribution is 6.30. The predicted octanol–water partition coefficient (Wildman–Crippen LogP) is 4.70. The highest BCUT2D eigenvalue weighted by atomic mass is 35.5. The van der Waals surface area contributed by atoms with Gasteiger partial charge in [-0.25, -0.2) is 9.97 Å². The molecule has 0 fully saturated rings. The summed E-state index contributed by atoms with van der Waals surface area (Å²) >= 11 is 6.17. The van der Waals surface area contributed by atoms with E-state index in [2.05, 4.69) is 42.1 Å². The molecule has 1 aromatic carbocycles. The number of hydrogen-bond acceptors (Lipinski definition) is 4. The lowest BCUT2D eigenvalue weighted by molar-refractivity contribution is 0.329. The smallest absolute Gasteiger partial charge is 0.138 e. The Morgan fingerprint density at radius 2 is 2.00 bits per heavy atom. The second-order valence-electron chi connectivity index (χ2n) is 5.71. The molecule has 0 bridgehead atoms. The molecule has 0 radical (unpaired) electrons. The van der Waals surface area contributed by atoms with Crippen LogP contribution in [0.4, 0.5) is 5.82 Å². The molecule has 0 aliphatic rings. The van der Waals surface area contributed by atoms with Gasteiger partial charge in [0.1, 0.15) is 29.7 Å². The van der Waals surface area contributed by atoms with E-state index in [1.807, 2.05) is 18.2 Å². The van der Waals surface area contributed by atoms with E-state index >= 15 is 0 Å². The second-order valence-corrected chi connectivity index (χ2v) is 6.07. The summed E-state index contributed by atoms with van der Waals surface area (Å²) in [7, 11) is 0. The zero-order valence-corrected chi connectivity index (χ0v) is 14.7. The minimum absolute atomic E-state index is 0.261. The first kappa shape index (κ1) is 17.5. The maximum absolute atomic E-state index is 6.17. The van der Waals surface area contributed by atoms with Gasteiger partial charge in [-0.2, -0.15) is 0 Å². The van der Waals surface area contributed by atoms with Crippen LogP contribution in [0.2, 0.25) is 5.15 Å². The highest BCUT2D eigenvalue weighted by Crippen LogP contribution is 2.27. The molecular weight excluding hydrogens is 310 g/mol. The van der Waals surface area contributed by atoms with Gasteiger partial charge in [0.25, 0.3) is 0 Å². The first-order chi connectivity index (χ1) is 11.1. The maximum Gasteiger partial charge on any atom is 0.138 e. The van der Waals surface area contributed by atoms with Crippen molar-refractivity contribution >= 4 is 17.4 Å². The van der Waals surface area contributed by atoms with Gasteiger partial charge < -0.3 is 10.1 Å². The molecule has 4 nitrogen and oxygen atoms in total. The number of nitrogens with zero attached hydrogens (tertiary/aromatic N) is 2. The lowest BCUT2D eigenvalue weighted by Crippen LogP contribution is -2.15. The van der Waals surface area contributed by atoms with Crippen molar-refractivity contribution < 1.29 is 4.74 Å². The molecule has 0 aliphatic carbocycles. The number of hydrogen-bond donors (Lipinski definition) is 1. The van der Waals surface area contributed by atoms with Gasteiger partial charge in [-0.3, -0.25) is 0 Å². The highest BCUT2D eigenvalue weighted by Gasteiger charge is 2.13. The van der Waals surface area contributed by atoms with Crippen molar-refractivity contribution in [3.63, 3.8) is 0 Å². The molecular formula is C18H24ClN3O. The molecule has 1 N–H and O–H groups in total. The normalized spacial score (nSPS) is 10.8. The van der Waals surface area contributed by atoms with Crippen LogP contribution in [0.5, 0.6) is 5.75 Å². The number of aryl methyl sites for hydroxylation is 1. The minimum Gasteiger partial charge on any atom is -0.491 e. The van der Waals surface area contributed by atoms with Gasteiger partial charge in [0.15, 0.2) is 0 Å². The molecule has 5 heteroatoms. The third-order valence-electron chi connectivity index (χ3n) is 3.56. The van der Waals surface area contributed by atoms with Crippen molar-refractivity contribution in [3.05, 3.63) is 46.9 Å². The van der Waals surface area contributed by atoms with E-state index < -0.39 is 0 Å². The lowest BCUT2D eigenvalue weighted by Gasteiger charge is -2.15. The van der Waals surface area contributed by atoms with Crippen molar-refractivity contribution in [2.45, 2.75) is 39.5 Å². The molecule has 0 unspecified atom stereocenters. The Balaban J connectivity index is 1.93. The Morgan fingerprint density at radius 1 is 1.22 bits per heavy atom. The summed E-state index contributed by atoms with van der Waals surface area (Å²) in [5.41, 5.74) is 2.20. The summed E-state index contributed by atoms with van der Waals surface area (Å²) in [4.78, 5) is 8.34. The van der Waals surface area contributed by atoms with Crippen LogP contribution in [0, 0.1) is 0 Å². The fraction of sp³-hybridized carbons (Fsp3) is 0.444. The van der Waals surface area contributed by atoms with E-state index in [4.69, 9.17) is 16.3 Å². The van der Waals surface area contributed by atoms with Gasteiger partial charge in [0.05, 0.1) is 6.54 Å². The molecule has 0 saturated carbocycles.